The summed E-state index contributed by atoms with van der Waals surface area (Å²) in [6.45, 7) is 0.593. The van der Waals surface area contributed by atoms with Gasteiger partial charge in [0.2, 0.25) is 0 Å². The molecular weight excluding hydrogens is 430 g/mol. The molecular formula is C22H19N5O2S2. The van der Waals surface area contributed by atoms with E-state index in [0.717, 1.165) is 5.56 Å². The lowest BCUT2D eigenvalue weighted by atomic mass is 10.2. The Morgan fingerprint density at radius 3 is 2.29 bits per heavy atom. The molecule has 0 radical (unpaired) electrons. The molecule has 0 aliphatic heterocycles. The van der Waals surface area contributed by atoms with Crippen molar-refractivity contribution in [3.8, 4) is 0 Å². The zero-order chi connectivity index (χ0) is 21.7. The van der Waals surface area contributed by atoms with Crippen LogP contribution in [0.1, 0.15) is 5.56 Å². The van der Waals surface area contributed by atoms with Gasteiger partial charge in [0.1, 0.15) is 0 Å². The highest BCUT2D eigenvalue weighted by Gasteiger charge is 2.15. The highest BCUT2D eigenvalue weighted by atomic mass is 32.2. The van der Waals surface area contributed by atoms with Crippen LogP contribution in [-0.2, 0) is 16.6 Å². The van der Waals surface area contributed by atoms with E-state index in [4.69, 9.17) is 12.2 Å². The minimum atomic E-state index is -3.80. The molecule has 4 rings (SSSR count). The van der Waals surface area contributed by atoms with E-state index >= 15 is 0 Å². The van der Waals surface area contributed by atoms with Gasteiger partial charge >= 0.3 is 0 Å². The third-order valence-electron chi connectivity index (χ3n) is 4.41. The quantitative estimate of drug-likeness (QED) is 0.384. The van der Waals surface area contributed by atoms with Gasteiger partial charge < -0.3 is 10.6 Å². The zero-order valence-electron chi connectivity index (χ0n) is 16.3. The number of benzene rings is 3. The molecule has 0 spiro atoms. The molecule has 7 nitrogen and oxygen atoms in total. The van der Waals surface area contributed by atoms with Crippen LogP contribution in [0.3, 0.4) is 0 Å². The van der Waals surface area contributed by atoms with E-state index in [0.29, 0.717) is 28.4 Å². The monoisotopic (exact) mass is 449 g/mol. The first-order valence-electron chi connectivity index (χ1n) is 9.43. The lowest BCUT2D eigenvalue weighted by molar-refractivity contribution is 0.601. The van der Waals surface area contributed by atoms with Crippen molar-refractivity contribution in [2.45, 2.75) is 11.4 Å². The van der Waals surface area contributed by atoms with Crippen LogP contribution in [0.4, 0.5) is 11.5 Å². The summed E-state index contributed by atoms with van der Waals surface area (Å²) in [6.07, 6.45) is 1.40. The van der Waals surface area contributed by atoms with Crippen LogP contribution in [-0.4, -0.2) is 23.5 Å². The van der Waals surface area contributed by atoms with Gasteiger partial charge in [-0.15, -0.1) is 0 Å². The summed E-state index contributed by atoms with van der Waals surface area (Å²) in [4.78, 5) is 8.63. The lowest BCUT2D eigenvalue weighted by Gasteiger charge is -2.12. The Labute approximate surface area is 185 Å². The Morgan fingerprint density at radius 1 is 0.871 bits per heavy atom. The highest BCUT2D eigenvalue weighted by molar-refractivity contribution is 7.92. The molecule has 1 heterocycles. The SMILES string of the molecule is O=S(=O)(Nc1cnc2ccccc2n1)c1ccc(NC(=S)NCc2ccccc2)cc1. The van der Waals surface area contributed by atoms with E-state index in [2.05, 4.69) is 25.3 Å². The maximum atomic E-state index is 12.7. The highest BCUT2D eigenvalue weighted by Crippen LogP contribution is 2.18. The number of aromatic nitrogens is 2. The van der Waals surface area contributed by atoms with Crippen molar-refractivity contribution in [1.82, 2.24) is 15.3 Å². The van der Waals surface area contributed by atoms with Crippen molar-refractivity contribution in [2.75, 3.05) is 10.0 Å². The number of nitrogens with one attached hydrogen (secondary N) is 3. The Morgan fingerprint density at radius 2 is 1.55 bits per heavy atom. The molecule has 0 atom stereocenters. The number of hydrogen-bond acceptors (Lipinski definition) is 5. The maximum Gasteiger partial charge on any atom is 0.263 e. The fourth-order valence-corrected chi connectivity index (χ4v) is 4.05. The number of nitrogens with zero attached hydrogens (tertiary/aromatic N) is 2. The third kappa shape index (κ3) is 5.33. The number of anilines is 2. The maximum absolute atomic E-state index is 12.7. The van der Waals surface area contributed by atoms with Crippen molar-refractivity contribution in [1.29, 1.82) is 0 Å². The molecule has 0 saturated heterocycles. The van der Waals surface area contributed by atoms with Gasteiger partial charge in [-0.25, -0.2) is 13.4 Å². The zero-order valence-corrected chi connectivity index (χ0v) is 18.0. The first-order chi connectivity index (χ1) is 15.0. The summed E-state index contributed by atoms with van der Waals surface area (Å²) >= 11 is 5.30. The number of fused-ring (bicyclic) bond motifs is 1. The standard InChI is InChI=1S/C22H19N5O2S2/c28-31(29,27-21-15-23-19-8-4-5-9-20(19)26-21)18-12-10-17(11-13-18)25-22(30)24-14-16-6-2-1-3-7-16/h1-13,15H,14H2,(H,26,27)(H2,24,25,30). The number of sulfonamides is 1. The first kappa shape index (κ1) is 20.7. The molecule has 1 aromatic heterocycles. The second-order valence-electron chi connectivity index (χ2n) is 6.67. The van der Waals surface area contributed by atoms with Crippen LogP contribution in [0.25, 0.3) is 11.0 Å². The fourth-order valence-electron chi connectivity index (χ4n) is 2.87. The Hall–Kier alpha value is -3.56. The summed E-state index contributed by atoms with van der Waals surface area (Å²) in [7, 11) is -3.80. The van der Waals surface area contributed by atoms with Crippen LogP contribution in [0, 0.1) is 0 Å². The second-order valence-corrected chi connectivity index (χ2v) is 8.76. The Bertz CT molecular complexity index is 1310. The predicted molar refractivity (Wildman–Crippen MR) is 126 cm³/mol. The van der Waals surface area contributed by atoms with Gasteiger partial charge in [0.05, 0.1) is 22.1 Å². The van der Waals surface area contributed by atoms with Gasteiger partial charge in [-0.05, 0) is 54.2 Å². The van der Waals surface area contributed by atoms with Crippen LogP contribution in [0.5, 0.6) is 0 Å². The lowest BCUT2D eigenvalue weighted by Crippen LogP contribution is -2.27. The Kier molecular flexibility index (Phi) is 6.06. The summed E-state index contributed by atoms with van der Waals surface area (Å²) in [5.41, 5.74) is 3.09. The van der Waals surface area contributed by atoms with E-state index in [1.807, 2.05) is 48.5 Å². The number of thiocarbonyl (C=S) groups is 1. The summed E-state index contributed by atoms with van der Waals surface area (Å²) in [5, 5.41) is 6.61. The molecule has 3 aromatic carbocycles. The predicted octanol–water partition coefficient (Wildman–Crippen LogP) is 3.92. The van der Waals surface area contributed by atoms with Crippen molar-refractivity contribution in [3.05, 3.63) is 90.6 Å². The van der Waals surface area contributed by atoms with E-state index < -0.39 is 10.0 Å². The number of hydrogen-bond donors (Lipinski definition) is 3. The van der Waals surface area contributed by atoms with Crippen LogP contribution >= 0.6 is 12.2 Å². The molecule has 0 saturated carbocycles. The van der Waals surface area contributed by atoms with E-state index in [1.165, 1.54) is 18.3 Å². The first-order valence-corrected chi connectivity index (χ1v) is 11.3. The molecule has 0 amide bonds. The smallest absolute Gasteiger partial charge is 0.263 e. The summed E-state index contributed by atoms with van der Waals surface area (Å²) < 4.78 is 27.9. The molecule has 4 aromatic rings. The average molecular weight is 450 g/mol. The molecule has 0 bridgehead atoms. The largest absolute Gasteiger partial charge is 0.358 e. The van der Waals surface area contributed by atoms with Crippen LogP contribution in [0.15, 0.2) is 90.0 Å². The van der Waals surface area contributed by atoms with Crippen LogP contribution < -0.4 is 15.4 Å². The molecule has 0 aliphatic carbocycles. The summed E-state index contributed by atoms with van der Waals surface area (Å²) in [5.74, 6) is 0.159. The van der Waals surface area contributed by atoms with Gasteiger partial charge in [-0.3, -0.25) is 9.71 Å². The van der Waals surface area contributed by atoms with Gasteiger partial charge in [0.15, 0.2) is 10.9 Å². The fraction of sp³-hybridized carbons (Fsp3) is 0.0455. The molecule has 31 heavy (non-hydrogen) atoms. The molecule has 156 valence electrons. The van der Waals surface area contributed by atoms with Crippen molar-refractivity contribution >= 4 is 49.9 Å². The molecule has 0 unspecified atom stereocenters. The average Bonchev–Trinajstić information content (AvgIpc) is 2.78. The normalized spacial score (nSPS) is 11.1. The molecule has 0 aliphatic rings. The molecule has 0 fully saturated rings. The number of rotatable bonds is 6. The minimum Gasteiger partial charge on any atom is -0.358 e. The number of para-hydroxylation sites is 2. The summed E-state index contributed by atoms with van der Waals surface area (Å²) in [6, 6.07) is 23.4. The third-order valence-corrected chi connectivity index (χ3v) is 6.02. The topological polar surface area (TPSA) is 96.0 Å². The molecule has 9 heteroatoms. The van der Waals surface area contributed by atoms with E-state index in [9.17, 15) is 8.42 Å². The van der Waals surface area contributed by atoms with Gasteiger partial charge in [-0.1, -0.05) is 42.5 Å². The van der Waals surface area contributed by atoms with E-state index in [1.54, 1.807) is 18.2 Å². The molecule has 3 N–H and O–H groups in total. The van der Waals surface area contributed by atoms with Crippen molar-refractivity contribution in [2.24, 2.45) is 0 Å². The minimum absolute atomic E-state index is 0.108. The van der Waals surface area contributed by atoms with Crippen molar-refractivity contribution < 1.29 is 8.42 Å². The Balaban J connectivity index is 1.39. The van der Waals surface area contributed by atoms with Gasteiger partial charge in [0.25, 0.3) is 10.0 Å². The second kappa shape index (κ2) is 9.07. The van der Waals surface area contributed by atoms with E-state index in [-0.39, 0.29) is 10.7 Å². The van der Waals surface area contributed by atoms with Crippen LogP contribution in [0.2, 0.25) is 0 Å². The van der Waals surface area contributed by atoms with Gasteiger partial charge in [-0.2, -0.15) is 0 Å². The van der Waals surface area contributed by atoms with Gasteiger partial charge in [0, 0.05) is 12.2 Å². The van der Waals surface area contributed by atoms with Crippen molar-refractivity contribution in [3.63, 3.8) is 0 Å².